The number of benzene rings is 2. The summed E-state index contributed by atoms with van der Waals surface area (Å²) in [4.78, 5) is 23.6. The number of nitrogens with one attached hydrogen (secondary N) is 1. The van der Waals surface area contributed by atoms with Gasteiger partial charge in [0.25, 0.3) is 5.91 Å². The van der Waals surface area contributed by atoms with Gasteiger partial charge in [-0.15, -0.1) is 0 Å². The SMILES string of the molecule is C[C@H](OC(=O)CCS(=O)(=O)c1ccc(F)cc1)C(=O)Nc1ccc(F)c(F)c1. The topological polar surface area (TPSA) is 89.5 Å². The molecule has 0 radical (unpaired) electrons. The summed E-state index contributed by atoms with van der Waals surface area (Å²) >= 11 is 0. The Labute approximate surface area is 159 Å². The van der Waals surface area contributed by atoms with Gasteiger partial charge in [-0.25, -0.2) is 21.6 Å². The van der Waals surface area contributed by atoms with Gasteiger partial charge < -0.3 is 10.1 Å². The lowest BCUT2D eigenvalue weighted by molar-refractivity contribution is -0.152. The van der Waals surface area contributed by atoms with Crippen molar-refractivity contribution in [2.75, 3.05) is 11.1 Å². The molecule has 10 heteroatoms. The Kier molecular flexibility index (Phi) is 6.79. The van der Waals surface area contributed by atoms with Gasteiger partial charge in [0.2, 0.25) is 0 Å². The summed E-state index contributed by atoms with van der Waals surface area (Å²) in [6.45, 7) is 1.24. The number of amides is 1. The second-order valence-corrected chi connectivity index (χ2v) is 7.88. The number of ether oxygens (including phenoxy) is 1. The molecule has 28 heavy (non-hydrogen) atoms. The van der Waals surface area contributed by atoms with Crippen LogP contribution in [-0.2, 0) is 24.2 Å². The van der Waals surface area contributed by atoms with E-state index >= 15 is 0 Å². The minimum absolute atomic E-state index is 0.0364. The second-order valence-electron chi connectivity index (χ2n) is 5.77. The molecule has 1 N–H and O–H groups in total. The molecular formula is C18H16F3NO5S. The van der Waals surface area contributed by atoms with E-state index in [-0.39, 0.29) is 10.6 Å². The zero-order chi connectivity index (χ0) is 20.9. The third kappa shape index (κ3) is 5.81. The maximum atomic E-state index is 13.1. The monoisotopic (exact) mass is 415 g/mol. The number of hydrogen-bond donors (Lipinski definition) is 1. The molecule has 6 nitrogen and oxygen atoms in total. The van der Waals surface area contributed by atoms with E-state index in [2.05, 4.69) is 5.32 Å². The van der Waals surface area contributed by atoms with Crippen molar-refractivity contribution < 1.29 is 35.9 Å². The van der Waals surface area contributed by atoms with Crippen LogP contribution in [-0.4, -0.2) is 32.2 Å². The Morgan fingerprint density at radius 1 is 1.04 bits per heavy atom. The zero-order valence-electron chi connectivity index (χ0n) is 14.6. The molecular weight excluding hydrogens is 399 g/mol. The van der Waals surface area contributed by atoms with E-state index in [1.54, 1.807) is 0 Å². The van der Waals surface area contributed by atoms with E-state index in [0.29, 0.717) is 0 Å². The third-order valence-corrected chi connectivity index (χ3v) is 5.34. The van der Waals surface area contributed by atoms with E-state index in [4.69, 9.17) is 4.74 Å². The molecule has 1 atom stereocenters. The number of halogens is 3. The van der Waals surface area contributed by atoms with Gasteiger partial charge in [0.1, 0.15) is 5.82 Å². The van der Waals surface area contributed by atoms with Gasteiger partial charge in [0.15, 0.2) is 27.6 Å². The molecule has 0 aliphatic carbocycles. The van der Waals surface area contributed by atoms with Crippen LogP contribution in [0.5, 0.6) is 0 Å². The Hall–Kier alpha value is -2.88. The van der Waals surface area contributed by atoms with Crippen molar-refractivity contribution in [3.8, 4) is 0 Å². The van der Waals surface area contributed by atoms with E-state index in [1.165, 1.54) is 6.92 Å². The van der Waals surface area contributed by atoms with Crippen molar-refractivity contribution in [1.29, 1.82) is 0 Å². The fourth-order valence-corrected chi connectivity index (χ4v) is 3.33. The van der Waals surface area contributed by atoms with Gasteiger partial charge >= 0.3 is 5.97 Å². The molecule has 1 amide bonds. The van der Waals surface area contributed by atoms with Gasteiger partial charge in [-0.2, -0.15) is 0 Å². The molecule has 0 aromatic heterocycles. The lowest BCUT2D eigenvalue weighted by Gasteiger charge is -2.14. The number of carbonyl (C=O) groups is 2. The maximum absolute atomic E-state index is 13.1. The van der Waals surface area contributed by atoms with Crippen LogP contribution in [0.2, 0.25) is 0 Å². The Balaban J connectivity index is 1.88. The first-order chi connectivity index (χ1) is 13.1. The van der Waals surface area contributed by atoms with Crippen LogP contribution in [0.1, 0.15) is 13.3 Å². The standard InChI is InChI=1S/C18H16F3NO5S/c1-11(18(24)22-13-4-7-15(20)16(21)10-13)27-17(23)8-9-28(25,26)14-5-2-12(19)3-6-14/h2-7,10-11H,8-9H2,1H3,(H,22,24)/t11-/m0/s1. The summed E-state index contributed by atoms with van der Waals surface area (Å²) < 4.78 is 67.9. The van der Waals surface area contributed by atoms with Crippen molar-refractivity contribution >= 4 is 27.4 Å². The highest BCUT2D eigenvalue weighted by Gasteiger charge is 2.21. The highest BCUT2D eigenvalue weighted by molar-refractivity contribution is 7.91. The van der Waals surface area contributed by atoms with Crippen molar-refractivity contribution in [1.82, 2.24) is 0 Å². The molecule has 0 unspecified atom stereocenters. The molecule has 0 aliphatic rings. The quantitative estimate of drug-likeness (QED) is 0.555. The number of esters is 1. The van der Waals surface area contributed by atoms with Crippen molar-refractivity contribution in [3.63, 3.8) is 0 Å². The molecule has 0 heterocycles. The summed E-state index contributed by atoms with van der Waals surface area (Å²) in [5, 5.41) is 2.24. The fraction of sp³-hybridized carbons (Fsp3) is 0.222. The number of carbonyl (C=O) groups excluding carboxylic acids is 2. The highest BCUT2D eigenvalue weighted by atomic mass is 32.2. The molecule has 0 saturated carbocycles. The van der Waals surface area contributed by atoms with Crippen LogP contribution < -0.4 is 5.32 Å². The Morgan fingerprint density at radius 2 is 1.68 bits per heavy atom. The first kappa shape index (κ1) is 21.4. The summed E-state index contributed by atoms with van der Waals surface area (Å²) in [7, 11) is -3.83. The molecule has 2 rings (SSSR count). The molecule has 150 valence electrons. The number of hydrogen-bond acceptors (Lipinski definition) is 5. The zero-order valence-corrected chi connectivity index (χ0v) is 15.4. The van der Waals surface area contributed by atoms with Crippen molar-refractivity contribution in [2.45, 2.75) is 24.3 Å². The third-order valence-electron chi connectivity index (χ3n) is 3.61. The molecule has 0 bridgehead atoms. The average molecular weight is 415 g/mol. The summed E-state index contributed by atoms with van der Waals surface area (Å²) in [6.07, 6.45) is -1.82. The van der Waals surface area contributed by atoms with Crippen LogP contribution in [0.15, 0.2) is 47.4 Å². The maximum Gasteiger partial charge on any atom is 0.307 e. The molecule has 2 aromatic rings. The largest absolute Gasteiger partial charge is 0.453 e. The smallest absolute Gasteiger partial charge is 0.307 e. The van der Waals surface area contributed by atoms with E-state index < -0.39 is 57.4 Å². The first-order valence-electron chi connectivity index (χ1n) is 8.02. The number of anilines is 1. The molecule has 0 saturated heterocycles. The summed E-state index contributed by atoms with van der Waals surface area (Å²) in [5.74, 6) is -5.18. The molecule has 0 fully saturated rings. The Bertz CT molecular complexity index is 977. The van der Waals surface area contributed by atoms with Crippen molar-refractivity contribution in [2.24, 2.45) is 0 Å². The van der Waals surface area contributed by atoms with Crippen LogP contribution in [0.4, 0.5) is 18.9 Å². The predicted molar refractivity (Wildman–Crippen MR) is 93.6 cm³/mol. The van der Waals surface area contributed by atoms with E-state index in [0.717, 1.165) is 42.5 Å². The highest BCUT2D eigenvalue weighted by Crippen LogP contribution is 2.15. The van der Waals surface area contributed by atoms with Gasteiger partial charge in [0, 0.05) is 11.8 Å². The molecule has 0 spiro atoms. The second kappa shape index (κ2) is 8.87. The normalized spacial score (nSPS) is 12.3. The minimum atomic E-state index is -3.83. The van der Waals surface area contributed by atoms with Crippen LogP contribution in [0.3, 0.4) is 0 Å². The van der Waals surface area contributed by atoms with Gasteiger partial charge in [-0.1, -0.05) is 0 Å². The van der Waals surface area contributed by atoms with Crippen LogP contribution in [0.25, 0.3) is 0 Å². The fourth-order valence-electron chi connectivity index (χ4n) is 2.10. The molecule has 0 aliphatic heterocycles. The lowest BCUT2D eigenvalue weighted by atomic mass is 10.2. The predicted octanol–water partition coefficient (Wildman–Crippen LogP) is 2.84. The number of rotatable bonds is 7. The van der Waals surface area contributed by atoms with E-state index in [9.17, 15) is 31.2 Å². The van der Waals surface area contributed by atoms with Gasteiger partial charge in [-0.3, -0.25) is 9.59 Å². The number of sulfone groups is 1. The van der Waals surface area contributed by atoms with Gasteiger partial charge in [0.05, 0.1) is 17.1 Å². The average Bonchev–Trinajstić information content (AvgIpc) is 2.63. The van der Waals surface area contributed by atoms with Crippen LogP contribution in [0, 0.1) is 17.5 Å². The van der Waals surface area contributed by atoms with Crippen LogP contribution >= 0.6 is 0 Å². The van der Waals surface area contributed by atoms with Crippen molar-refractivity contribution in [3.05, 3.63) is 59.9 Å². The van der Waals surface area contributed by atoms with Gasteiger partial charge in [-0.05, 0) is 43.3 Å². The minimum Gasteiger partial charge on any atom is -0.453 e. The Morgan fingerprint density at radius 3 is 2.29 bits per heavy atom. The lowest BCUT2D eigenvalue weighted by Crippen LogP contribution is -2.30. The first-order valence-corrected chi connectivity index (χ1v) is 9.67. The summed E-state index contributed by atoms with van der Waals surface area (Å²) in [5.41, 5.74) is -0.0364. The molecule has 2 aromatic carbocycles. The summed E-state index contributed by atoms with van der Waals surface area (Å²) in [6, 6.07) is 6.83. The van der Waals surface area contributed by atoms with E-state index in [1.807, 2.05) is 0 Å².